The monoisotopic (exact) mass is 400 g/mol. The number of benzene rings is 2. The van der Waals surface area contributed by atoms with E-state index in [9.17, 15) is 0 Å². The summed E-state index contributed by atoms with van der Waals surface area (Å²) in [5.41, 5.74) is 5.29. The number of aryl methyl sites for hydroxylation is 2. The number of aromatic nitrogens is 3. The van der Waals surface area contributed by atoms with E-state index < -0.39 is 0 Å². The molecule has 0 bridgehead atoms. The Morgan fingerprint density at radius 3 is 2.70 bits per heavy atom. The zero-order chi connectivity index (χ0) is 20.5. The molecule has 6 heteroatoms. The zero-order valence-corrected chi connectivity index (χ0v) is 17.2. The standard InChI is InChI=1S/C24H24N4O2/c1-16-22(23(27-30-16)18-10-4-3-5-11-18)24-26-25-21(29-24)15-28(2)20-14-8-12-17-9-6-7-13-19(17)20/h3-7,9-11,13,20H,8,12,14-15H2,1-2H3. The highest BCUT2D eigenvalue weighted by Gasteiger charge is 2.26. The first-order chi connectivity index (χ1) is 14.7. The largest absolute Gasteiger partial charge is 0.419 e. The summed E-state index contributed by atoms with van der Waals surface area (Å²) in [6.45, 7) is 2.46. The molecule has 0 N–H and O–H groups in total. The molecular formula is C24H24N4O2. The molecule has 4 aromatic rings. The summed E-state index contributed by atoms with van der Waals surface area (Å²) in [5, 5.41) is 12.8. The van der Waals surface area contributed by atoms with Crippen LogP contribution in [0.5, 0.6) is 0 Å². The highest BCUT2D eigenvalue weighted by Crippen LogP contribution is 2.36. The molecule has 30 heavy (non-hydrogen) atoms. The fraction of sp³-hybridized carbons (Fsp3) is 0.292. The molecule has 0 saturated carbocycles. The Bertz CT molecular complexity index is 1150. The molecule has 0 aliphatic heterocycles. The number of hydrogen-bond acceptors (Lipinski definition) is 6. The average Bonchev–Trinajstić information content (AvgIpc) is 3.40. The Kier molecular flexibility index (Phi) is 4.93. The van der Waals surface area contributed by atoms with Gasteiger partial charge in [0.05, 0.1) is 6.54 Å². The summed E-state index contributed by atoms with van der Waals surface area (Å²) in [6.07, 6.45) is 3.49. The van der Waals surface area contributed by atoms with Crippen LogP contribution in [-0.2, 0) is 13.0 Å². The Hall–Kier alpha value is -3.25. The number of fused-ring (bicyclic) bond motifs is 1. The number of rotatable bonds is 5. The van der Waals surface area contributed by atoms with E-state index in [1.165, 1.54) is 17.5 Å². The topological polar surface area (TPSA) is 68.2 Å². The van der Waals surface area contributed by atoms with Gasteiger partial charge in [-0.25, -0.2) is 0 Å². The molecule has 0 spiro atoms. The van der Waals surface area contributed by atoms with E-state index in [1.807, 2.05) is 37.3 Å². The Balaban J connectivity index is 1.40. The number of hydrogen-bond donors (Lipinski definition) is 0. The summed E-state index contributed by atoms with van der Waals surface area (Å²) in [4.78, 5) is 2.30. The second-order valence-electron chi connectivity index (χ2n) is 7.85. The SMILES string of the molecule is Cc1onc(-c2ccccc2)c1-c1nnc(CN(C)C2CCCc3ccccc32)o1. The van der Waals surface area contributed by atoms with E-state index in [-0.39, 0.29) is 0 Å². The van der Waals surface area contributed by atoms with Crippen LogP contribution in [0, 0.1) is 6.92 Å². The van der Waals surface area contributed by atoms with Crippen LogP contribution in [0.25, 0.3) is 22.7 Å². The molecule has 2 aromatic carbocycles. The molecule has 1 atom stereocenters. The maximum Gasteiger partial charge on any atom is 0.253 e. The molecule has 0 amide bonds. The van der Waals surface area contributed by atoms with Crippen molar-refractivity contribution in [1.29, 1.82) is 0 Å². The van der Waals surface area contributed by atoms with Crippen molar-refractivity contribution in [1.82, 2.24) is 20.3 Å². The van der Waals surface area contributed by atoms with Crippen LogP contribution in [0.2, 0.25) is 0 Å². The van der Waals surface area contributed by atoms with Gasteiger partial charge in [-0.3, -0.25) is 4.90 Å². The third kappa shape index (κ3) is 3.44. The van der Waals surface area contributed by atoms with Gasteiger partial charge in [0.2, 0.25) is 5.89 Å². The minimum atomic E-state index is 0.363. The predicted molar refractivity (Wildman–Crippen MR) is 114 cm³/mol. The van der Waals surface area contributed by atoms with Gasteiger partial charge in [-0.2, -0.15) is 0 Å². The van der Waals surface area contributed by atoms with Gasteiger partial charge in [0.15, 0.2) is 0 Å². The summed E-state index contributed by atoms with van der Waals surface area (Å²) in [7, 11) is 2.12. The van der Waals surface area contributed by atoms with Crippen molar-refractivity contribution in [2.75, 3.05) is 7.05 Å². The van der Waals surface area contributed by atoms with E-state index >= 15 is 0 Å². The average molecular weight is 400 g/mol. The second-order valence-corrected chi connectivity index (χ2v) is 7.85. The zero-order valence-electron chi connectivity index (χ0n) is 17.2. The molecule has 152 valence electrons. The molecule has 2 heterocycles. The molecule has 6 nitrogen and oxygen atoms in total. The molecule has 1 unspecified atom stereocenters. The molecular weight excluding hydrogens is 376 g/mol. The van der Waals surface area contributed by atoms with Crippen LogP contribution < -0.4 is 0 Å². The maximum absolute atomic E-state index is 6.06. The summed E-state index contributed by atoms with van der Waals surface area (Å²) in [6, 6.07) is 19.0. The van der Waals surface area contributed by atoms with Gasteiger partial charge in [0, 0.05) is 11.6 Å². The third-order valence-corrected chi connectivity index (χ3v) is 5.85. The van der Waals surface area contributed by atoms with Crippen LogP contribution in [0.1, 0.15) is 41.7 Å². The van der Waals surface area contributed by atoms with Crippen molar-refractivity contribution < 1.29 is 8.94 Å². The lowest BCUT2D eigenvalue weighted by Crippen LogP contribution is -2.27. The Morgan fingerprint density at radius 1 is 1.03 bits per heavy atom. The lowest BCUT2D eigenvalue weighted by atomic mass is 9.87. The van der Waals surface area contributed by atoms with Crippen molar-refractivity contribution >= 4 is 0 Å². The van der Waals surface area contributed by atoms with Crippen molar-refractivity contribution in [3.05, 3.63) is 77.4 Å². The van der Waals surface area contributed by atoms with Crippen molar-refractivity contribution in [3.8, 4) is 22.7 Å². The second kappa shape index (κ2) is 7.88. The van der Waals surface area contributed by atoms with Gasteiger partial charge >= 0.3 is 0 Å². The van der Waals surface area contributed by atoms with E-state index in [0.717, 1.165) is 29.7 Å². The molecule has 2 aromatic heterocycles. The first kappa shape index (κ1) is 18.8. The van der Waals surface area contributed by atoms with Crippen LogP contribution >= 0.6 is 0 Å². The lowest BCUT2D eigenvalue weighted by Gasteiger charge is -2.32. The Morgan fingerprint density at radius 2 is 1.83 bits per heavy atom. The van der Waals surface area contributed by atoms with Gasteiger partial charge in [-0.15, -0.1) is 10.2 Å². The lowest BCUT2D eigenvalue weighted by molar-refractivity contribution is 0.195. The summed E-state index contributed by atoms with van der Waals surface area (Å²) >= 11 is 0. The highest BCUT2D eigenvalue weighted by atomic mass is 16.5. The molecule has 1 aliphatic carbocycles. The molecule has 1 aliphatic rings. The van der Waals surface area contributed by atoms with Gasteiger partial charge in [-0.1, -0.05) is 59.8 Å². The molecule has 0 radical (unpaired) electrons. The Labute approximate surface area is 175 Å². The minimum absolute atomic E-state index is 0.363. The quantitative estimate of drug-likeness (QED) is 0.458. The maximum atomic E-state index is 6.06. The van der Waals surface area contributed by atoms with E-state index in [1.54, 1.807) is 0 Å². The predicted octanol–water partition coefficient (Wildman–Crippen LogP) is 5.21. The van der Waals surface area contributed by atoms with Crippen LogP contribution in [-0.4, -0.2) is 27.3 Å². The van der Waals surface area contributed by atoms with Crippen molar-refractivity contribution in [2.24, 2.45) is 0 Å². The van der Waals surface area contributed by atoms with Crippen LogP contribution in [0.15, 0.2) is 63.5 Å². The van der Waals surface area contributed by atoms with Gasteiger partial charge in [0.25, 0.3) is 5.89 Å². The normalized spacial score (nSPS) is 16.0. The van der Waals surface area contributed by atoms with Gasteiger partial charge in [0.1, 0.15) is 17.0 Å². The highest BCUT2D eigenvalue weighted by molar-refractivity contribution is 5.77. The van der Waals surface area contributed by atoms with E-state index in [4.69, 9.17) is 8.94 Å². The fourth-order valence-corrected chi connectivity index (χ4v) is 4.35. The number of nitrogens with zero attached hydrogens (tertiary/aromatic N) is 4. The van der Waals surface area contributed by atoms with Crippen LogP contribution in [0.3, 0.4) is 0 Å². The molecule has 0 fully saturated rings. The minimum Gasteiger partial charge on any atom is -0.419 e. The molecule has 0 saturated heterocycles. The third-order valence-electron chi connectivity index (χ3n) is 5.85. The summed E-state index contributed by atoms with van der Waals surface area (Å²) in [5.74, 6) is 1.70. The van der Waals surface area contributed by atoms with E-state index in [0.29, 0.717) is 30.1 Å². The first-order valence-corrected chi connectivity index (χ1v) is 10.3. The van der Waals surface area contributed by atoms with E-state index in [2.05, 4.69) is 51.6 Å². The fourth-order valence-electron chi connectivity index (χ4n) is 4.35. The molecule has 5 rings (SSSR count). The van der Waals surface area contributed by atoms with Crippen LogP contribution in [0.4, 0.5) is 0 Å². The smallest absolute Gasteiger partial charge is 0.253 e. The van der Waals surface area contributed by atoms with Gasteiger partial charge in [-0.05, 0) is 44.4 Å². The van der Waals surface area contributed by atoms with Crippen molar-refractivity contribution in [2.45, 2.75) is 38.8 Å². The van der Waals surface area contributed by atoms with Gasteiger partial charge < -0.3 is 8.94 Å². The first-order valence-electron chi connectivity index (χ1n) is 10.3. The van der Waals surface area contributed by atoms with Crippen molar-refractivity contribution in [3.63, 3.8) is 0 Å². The summed E-state index contributed by atoms with van der Waals surface area (Å²) < 4.78 is 11.5.